The van der Waals surface area contributed by atoms with Gasteiger partial charge in [-0.25, -0.2) is 4.79 Å². The number of phenolic OH excluding ortho intramolecular Hbond substituents is 1. The summed E-state index contributed by atoms with van der Waals surface area (Å²) in [7, 11) is 0. The van der Waals surface area contributed by atoms with E-state index < -0.39 is 0 Å². The average Bonchev–Trinajstić information content (AvgIpc) is 2.59. The first kappa shape index (κ1) is 9.58. The van der Waals surface area contributed by atoms with Crippen molar-refractivity contribution < 1.29 is 5.11 Å². The standard InChI is InChI=1S/C11H12N2O2/c1-8-6-9(2-3-10(8)14)7-13-5-4-12-11(13)15/h2-6,14H,7H2,1H3,(H,12,15). The molecule has 0 bridgehead atoms. The van der Waals surface area contributed by atoms with Gasteiger partial charge in [0.15, 0.2) is 0 Å². The number of aromatic nitrogens is 2. The Kier molecular flexibility index (Phi) is 2.33. The zero-order valence-electron chi connectivity index (χ0n) is 8.40. The van der Waals surface area contributed by atoms with Gasteiger partial charge in [0.1, 0.15) is 5.75 Å². The summed E-state index contributed by atoms with van der Waals surface area (Å²) in [6.07, 6.45) is 3.31. The molecule has 15 heavy (non-hydrogen) atoms. The van der Waals surface area contributed by atoms with Gasteiger partial charge in [0.05, 0.1) is 6.54 Å². The van der Waals surface area contributed by atoms with Gasteiger partial charge in [-0.3, -0.25) is 4.57 Å². The molecule has 1 aromatic carbocycles. The molecule has 0 spiro atoms. The molecule has 4 nitrogen and oxygen atoms in total. The summed E-state index contributed by atoms with van der Waals surface area (Å²) in [4.78, 5) is 13.8. The number of imidazole rings is 1. The molecule has 2 aromatic rings. The number of aromatic hydroxyl groups is 1. The van der Waals surface area contributed by atoms with Crippen LogP contribution in [-0.2, 0) is 6.54 Å². The number of hydrogen-bond donors (Lipinski definition) is 2. The molecule has 2 rings (SSSR count). The van der Waals surface area contributed by atoms with Crippen LogP contribution in [0.1, 0.15) is 11.1 Å². The van der Waals surface area contributed by atoms with E-state index in [1.807, 2.05) is 19.1 Å². The number of hydrogen-bond acceptors (Lipinski definition) is 2. The minimum Gasteiger partial charge on any atom is -0.508 e. The van der Waals surface area contributed by atoms with Crippen molar-refractivity contribution in [2.45, 2.75) is 13.5 Å². The number of aromatic amines is 1. The summed E-state index contributed by atoms with van der Waals surface area (Å²) in [6, 6.07) is 5.32. The number of H-pyrrole nitrogens is 1. The molecule has 0 saturated carbocycles. The third-order valence-corrected chi connectivity index (χ3v) is 2.34. The molecule has 1 heterocycles. The molecule has 0 saturated heterocycles. The lowest BCUT2D eigenvalue weighted by atomic mass is 10.1. The van der Waals surface area contributed by atoms with Gasteiger partial charge in [-0.2, -0.15) is 0 Å². The van der Waals surface area contributed by atoms with Crippen molar-refractivity contribution in [2.75, 3.05) is 0 Å². The highest BCUT2D eigenvalue weighted by atomic mass is 16.3. The maximum absolute atomic E-state index is 11.2. The molecule has 0 radical (unpaired) electrons. The second-order valence-corrected chi connectivity index (χ2v) is 3.51. The number of phenols is 1. The second kappa shape index (κ2) is 3.65. The Morgan fingerprint density at radius 2 is 2.27 bits per heavy atom. The van der Waals surface area contributed by atoms with Gasteiger partial charge >= 0.3 is 5.69 Å². The van der Waals surface area contributed by atoms with Crippen LogP contribution in [0.15, 0.2) is 35.4 Å². The van der Waals surface area contributed by atoms with Crippen LogP contribution in [0.5, 0.6) is 5.75 Å². The molecular formula is C11H12N2O2. The van der Waals surface area contributed by atoms with Crippen molar-refractivity contribution in [3.63, 3.8) is 0 Å². The molecule has 1 aromatic heterocycles. The molecule has 0 aliphatic rings. The lowest BCUT2D eigenvalue weighted by Gasteiger charge is -2.04. The van der Waals surface area contributed by atoms with E-state index in [2.05, 4.69) is 4.98 Å². The Labute approximate surface area is 86.8 Å². The van der Waals surface area contributed by atoms with E-state index in [1.54, 1.807) is 23.0 Å². The normalized spacial score (nSPS) is 10.5. The van der Waals surface area contributed by atoms with Crippen LogP contribution in [0.2, 0.25) is 0 Å². The molecule has 0 amide bonds. The first-order chi connectivity index (χ1) is 7.16. The first-order valence-electron chi connectivity index (χ1n) is 4.69. The summed E-state index contributed by atoms with van der Waals surface area (Å²) >= 11 is 0. The van der Waals surface area contributed by atoms with Crippen molar-refractivity contribution in [2.24, 2.45) is 0 Å². The third-order valence-electron chi connectivity index (χ3n) is 2.34. The summed E-state index contributed by atoms with van der Waals surface area (Å²) in [5.41, 5.74) is 1.68. The second-order valence-electron chi connectivity index (χ2n) is 3.51. The number of nitrogens with zero attached hydrogens (tertiary/aromatic N) is 1. The predicted molar refractivity (Wildman–Crippen MR) is 57.0 cm³/mol. The first-order valence-corrected chi connectivity index (χ1v) is 4.69. The van der Waals surface area contributed by atoms with E-state index in [0.29, 0.717) is 6.54 Å². The predicted octanol–water partition coefficient (Wildman–Crippen LogP) is 1.24. The van der Waals surface area contributed by atoms with Gasteiger partial charge < -0.3 is 10.1 Å². The SMILES string of the molecule is Cc1cc(Cn2cc[nH]c2=O)ccc1O. The summed E-state index contributed by atoms with van der Waals surface area (Å²) in [6.45, 7) is 2.35. The van der Waals surface area contributed by atoms with Gasteiger partial charge in [0.2, 0.25) is 0 Å². The molecule has 0 fully saturated rings. The smallest absolute Gasteiger partial charge is 0.325 e. The van der Waals surface area contributed by atoms with E-state index in [-0.39, 0.29) is 11.4 Å². The molecule has 78 valence electrons. The zero-order chi connectivity index (χ0) is 10.8. The lowest BCUT2D eigenvalue weighted by Crippen LogP contribution is -2.16. The van der Waals surface area contributed by atoms with Gasteiger partial charge in [-0.1, -0.05) is 12.1 Å². The van der Waals surface area contributed by atoms with E-state index in [1.165, 1.54) is 0 Å². The minimum atomic E-state index is -0.124. The molecule has 4 heteroatoms. The maximum Gasteiger partial charge on any atom is 0.325 e. The number of nitrogens with one attached hydrogen (secondary N) is 1. The van der Waals surface area contributed by atoms with E-state index >= 15 is 0 Å². The summed E-state index contributed by atoms with van der Waals surface area (Å²) in [5, 5.41) is 9.35. The number of benzene rings is 1. The Morgan fingerprint density at radius 1 is 1.47 bits per heavy atom. The fourth-order valence-electron chi connectivity index (χ4n) is 1.49. The van der Waals surface area contributed by atoms with Crippen molar-refractivity contribution in [1.29, 1.82) is 0 Å². The number of aryl methyl sites for hydroxylation is 1. The van der Waals surface area contributed by atoms with Crippen LogP contribution in [0.4, 0.5) is 0 Å². The van der Waals surface area contributed by atoms with Crippen molar-refractivity contribution in [3.05, 3.63) is 52.2 Å². The Balaban J connectivity index is 2.29. The highest BCUT2D eigenvalue weighted by Gasteiger charge is 2.00. The van der Waals surface area contributed by atoms with Crippen molar-refractivity contribution in [1.82, 2.24) is 9.55 Å². The van der Waals surface area contributed by atoms with Gasteiger partial charge in [0, 0.05) is 12.4 Å². The third kappa shape index (κ3) is 1.93. The Bertz CT molecular complexity index is 525. The molecule has 0 aliphatic carbocycles. The molecule has 0 unspecified atom stereocenters. The van der Waals surface area contributed by atoms with Gasteiger partial charge in [-0.05, 0) is 24.1 Å². The molecule has 0 atom stereocenters. The highest BCUT2D eigenvalue weighted by molar-refractivity contribution is 5.34. The molecular weight excluding hydrogens is 192 g/mol. The van der Waals surface area contributed by atoms with Crippen LogP contribution in [-0.4, -0.2) is 14.7 Å². The van der Waals surface area contributed by atoms with Crippen LogP contribution >= 0.6 is 0 Å². The summed E-state index contributed by atoms with van der Waals surface area (Å²) < 4.78 is 1.58. The van der Waals surface area contributed by atoms with Crippen LogP contribution < -0.4 is 5.69 Å². The van der Waals surface area contributed by atoms with E-state index in [9.17, 15) is 9.90 Å². The average molecular weight is 204 g/mol. The Hall–Kier alpha value is -1.97. The largest absolute Gasteiger partial charge is 0.508 e. The summed E-state index contributed by atoms with van der Waals surface area (Å²) in [5.74, 6) is 0.278. The molecule has 2 N–H and O–H groups in total. The maximum atomic E-state index is 11.2. The van der Waals surface area contributed by atoms with Crippen molar-refractivity contribution in [3.8, 4) is 5.75 Å². The quantitative estimate of drug-likeness (QED) is 0.773. The monoisotopic (exact) mass is 204 g/mol. The Morgan fingerprint density at radius 3 is 2.87 bits per heavy atom. The van der Waals surface area contributed by atoms with Crippen LogP contribution in [0.25, 0.3) is 0 Å². The van der Waals surface area contributed by atoms with Crippen molar-refractivity contribution >= 4 is 0 Å². The van der Waals surface area contributed by atoms with Crippen LogP contribution in [0, 0.1) is 6.92 Å². The van der Waals surface area contributed by atoms with Gasteiger partial charge in [-0.15, -0.1) is 0 Å². The van der Waals surface area contributed by atoms with E-state index in [0.717, 1.165) is 11.1 Å². The molecule has 0 aliphatic heterocycles. The van der Waals surface area contributed by atoms with Crippen LogP contribution in [0.3, 0.4) is 0 Å². The minimum absolute atomic E-state index is 0.124. The fourth-order valence-corrected chi connectivity index (χ4v) is 1.49. The highest BCUT2D eigenvalue weighted by Crippen LogP contribution is 2.17. The topological polar surface area (TPSA) is 58.0 Å². The van der Waals surface area contributed by atoms with E-state index in [4.69, 9.17) is 0 Å². The van der Waals surface area contributed by atoms with Gasteiger partial charge in [0.25, 0.3) is 0 Å². The zero-order valence-corrected chi connectivity index (χ0v) is 8.40. The number of rotatable bonds is 2. The lowest BCUT2D eigenvalue weighted by molar-refractivity contribution is 0.470. The fraction of sp³-hybridized carbons (Fsp3) is 0.182.